The molecule has 0 aliphatic carbocycles. The number of carbonyl (C=O) groups is 1. The van der Waals surface area contributed by atoms with Gasteiger partial charge in [-0.15, -0.1) is 0 Å². The molecule has 0 radical (unpaired) electrons. The lowest BCUT2D eigenvalue weighted by Gasteiger charge is -2.20. The van der Waals surface area contributed by atoms with Crippen molar-refractivity contribution in [2.24, 2.45) is 0 Å². The molecule has 104 valence electrons. The van der Waals surface area contributed by atoms with E-state index < -0.39 is 22.3 Å². The van der Waals surface area contributed by atoms with Gasteiger partial charge in [0.2, 0.25) is 0 Å². The van der Waals surface area contributed by atoms with Gasteiger partial charge in [-0.25, -0.2) is 17.9 Å². The highest BCUT2D eigenvalue weighted by molar-refractivity contribution is 7.90. The fraction of sp³-hybridized carbons (Fsp3) is 0.417. The molecule has 1 N–H and O–H groups in total. The molecule has 1 aliphatic heterocycles. The molecule has 1 aromatic rings. The van der Waals surface area contributed by atoms with Gasteiger partial charge < -0.3 is 4.74 Å². The van der Waals surface area contributed by atoms with Crippen LogP contribution in [0.1, 0.15) is 12.5 Å². The highest BCUT2D eigenvalue weighted by Crippen LogP contribution is 2.13. The van der Waals surface area contributed by atoms with Crippen LogP contribution in [0.5, 0.6) is 0 Å². The van der Waals surface area contributed by atoms with Gasteiger partial charge in [0, 0.05) is 6.54 Å². The Labute approximate surface area is 112 Å². The van der Waals surface area contributed by atoms with Crippen LogP contribution < -0.4 is 4.72 Å². The molecule has 0 spiro atoms. The Morgan fingerprint density at radius 2 is 2.00 bits per heavy atom. The molecule has 0 bridgehead atoms. The first-order valence-electron chi connectivity index (χ1n) is 5.92. The van der Waals surface area contributed by atoms with E-state index in [0.717, 1.165) is 5.56 Å². The summed E-state index contributed by atoms with van der Waals surface area (Å²) >= 11 is 0. The lowest BCUT2D eigenvalue weighted by atomic mass is 10.2. The summed E-state index contributed by atoms with van der Waals surface area (Å²) in [6.45, 7) is 4.36. The van der Waals surface area contributed by atoms with Gasteiger partial charge in [-0.05, 0) is 26.0 Å². The maximum absolute atomic E-state index is 12.0. The first-order valence-corrected chi connectivity index (χ1v) is 7.40. The largest absolute Gasteiger partial charge is 0.357 e. The third kappa shape index (κ3) is 3.05. The van der Waals surface area contributed by atoms with Crippen LogP contribution in [0.2, 0.25) is 0 Å². The molecule has 7 heteroatoms. The van der Waals surface area contributed by atoms with Crippen LogP contribution >= 0.6 is 0 Å². The average molecular weight is 284 g/mol. The van der Waals surface area contributed by atoms with Gasteiger partial charge in [-0.2, -0.15) is 0 Å². The first-order chi connectivity index (χ1) is 8.90. The van der Waals surface area contributed by atoms with Crippen LogP contribution in [0.15, 0.2) is 29.2 Å². The zero-order valence-electron chi connectivity index (χ0n) is 10.8. The summed E-state index contributed by atoms with van der Waals surface area (Å²) in [5.41, 5.74) is 0.951. The molecule has 19 heavy (non-hydrogen) atoms. The Balaban J connectivity index is 2.13. The fourth-order valence-corrected chi connectivity index (χ4v) is 2.77. The van der Waals surface area contributed by atoms with E-state index >= 15 is 0 Å². The number of benzene rings is 1. The number of aryl methyl sites for hydroxylation is 1. The van der Waals surface area contributed by atoms with Crippen LogP contribution in [0.4, 0.5) is 4.79 Å². The second-order valence-corrected chi connectivity index (χ2v) is 6.07. The minimum atomic E-state index is -3.83. The van der Waals surface area contributed by atoms with Gasteiger partial charge in [0.05, 0.1) is 11.5 Å². The summed E-state index contributed by atoms with van der Waals surface area (Å²) < 4.78 is 31.3. The lowest BCUT2D eigenvalue weighted by Crippen LogP contribution is -2.44. The van der Waals surface area contributed by atoms with E-state index in [4.69, 9.17) is 4.74 Å². The number of sulfonamides is 1. The number of urea groups is 1. The second-order valence-electron chi connectivity index (χ2n) is 4.39. The Morgan fingerprint density at radius 3 is 2.53 bits per heavy atom. The van der Waals surface area contributed by atoms with Crippen LogP contribution in [-0.2, 0) is 14.8 Å². The van der Waals surface area contributed by atoms with Gasteiger partial charge in [0.1, 0.15) is 6.23 Å². The third-order valence-electron chi connectivity index (χ3n) is 2.94. The van der Waals surface area contributed by atoms with Crippen molar-refractivity contribution >= 4 is 16.1 Å². The molecule has 1 heterocycles. The Morgan fingerprint density at radius 1 is 1.37 bits per heavy atom. The number of carbonyl (C=O) groups excluding carboxylic acids is 1. The minimum Gasteiger partial charge on any atom is -0.357 e. The SMILES string of the molecule is Cc1ccc(S(=O)(=O)NC(=O)N2CCOC2C)cc1. The molecule has 2 rings (SSSR count). The summed E-state index contributed by atoms with van der Waals surface area (Å²) in [5.74, 6) is 0. The van der Waals surface area contributed by atoms with Crippen molar-refractivity contribution in [3.05, 3.63) is 29.8 Å². The van der Waals surface area contributed by atoms with E-state index in [-0.39, 0.29) is 4.90 Å². The van der Waals surface area contributed by atoms with Gasteiger partial charge in [0.25, 0.3) is 10.0 Å². The molecule has 1 fully saturated rings. The van der Waals surface area contributed by atoms with Crippen LogP contribution in [0.25, 0.3) is 0 Å². The third-order valence-corrected chi connectivity index (χ3v) is 4.28. The van der Waals surface area contributed by atoms with Gasteiger partial charge >= 0.3 is 6.03 Å². The van der Waals surface area contributed by atoms with Crippen molar-refractivity contribution in [2.45, 2.75) is 25.0 Å². The van der Waals surface area contributed by atoms with Gasteiger partial charge in [0.15, 0.2) is 0 Å². The monoisotopic (exact) mass is 284 g/mol. The Kier molecular flexibility index (Phi) is 3.77. The average Bonchev–Trinajstić information content (AvgIpc) is 2.75. The normalized spacial score (nSPS) is 19.5. The van der Waals surface area contributed by atoms with E-state index in [1.165, 1.54) is 17.0 Å². The maximum Gasteiger partial charge on any atom is 0.333 e. The van der Waals surface area contributed by atoms with E-state index in [2.05, 4.69) is 0 Å². The molecular weight excluding hydrogens is 268 g/mol. The number of hydrogen-bond acceptors (Lipinski definition) is 4. The van der Waals surface area contributed by atoms with E-state index in [1.54, 1.807) is 19.1 Å². The maximum atomic E-state index is 12.0. The Hall–Kier alpha value is -1.60. The molecule has 1 saturated heterocycles. The summed E-state index contributed by atoms with van der Waals surface area (Å²) in [6, 6.07) is 5.64. The number of amides is 2. The molecule has 0 aromatic heterocycles. The molecule has 6 nitrogen and oxygen atoms in total. The summed E-state index contributed by atoms with van der Waals surface area (Å²) in [5, 5.41) is 0. The number of nitrogens with zero attached hydrogens (tertiary/aromatic N) is 1. The van der Waals surface area contributed by atoms with Crippen molar-refractivity contribution in [2.75, 3.05) is 13.2 Å². The highest BCUT2D eigenvalue weighted by Gasteiger charge is 2.29. The zero-order chi connectivity index (χ0) is 14.0. The quantitative estimate of drug-likeness (QED) is 0.881. The fourth-order valence-electron chi connectivity index (χ4n) is 1.81. The van der Waals surface area contributed by atoms with E-state index in [9.17, 15) is 13.2 Å². The number of rotatable bonds is 2. The number of hydrogen-bond donors (Lipinski definition) is 1. The summed E-state index contributed by atoms with van der Waals surface area (Å²) in [6.07, 6.45) is -0.409. The molecular formula is C12H16N2O4S. The number of ether oxygens (including phenoxy) is 1. The van der Waals surface area contributed by atoms with Crippen molar-refractivity contribution in [1.29, 1.82) is 0 Å². The van der Waals surface area contributed by atoms with Crippen molar-refractivity contribution in [3.63, 3.8) is 0 Å². The van der Waals surface area contributed by atoms with Crippen molar-refractivity contribution in [1.82, 2.24) is 9.62 Å². The molecule has 1 atom stereocenters. The highest BCUT2D eigenvalue weighted by atomic mass is 32.2. The van der Waals surface area contributed by atoms with E-state index in [1.807, 2.05) is 11.6 Å². The molecule has 2 amide bonds. The minimum absolute atomic E-state index is 0.0687. The van der Waals surface area contributed by atoms with Crippen molar-refractivity contribution in [3.8, 4) is 0 Å². The summed E-state index contributed by atoms with van der Waals surface area (Å²) in [4.78, 5) is 13.3. The van der Waals surface area contributed by atoms with Gasteiger partial charge in [-0.1, -0.05) is 17.7 Å². The first kappa shape index (κ1) is 13.8. The predicted octanol–water partition coefficient (Wildman–Crippen LogP) is 1.07. The number of nitrogens with one attached hydrogen (secondary N) is 1. The second kappa shape index (κ2) is 5.18. The molecule has 1 aromatic carbocycles. The topological polar surface area (TPSA) is 75.7 Å². The van der Waals surface area contributed by atoms with Crippen molar-refractivity contribution < 1.29 is 17.9 Å². The van der Waals surface area contributed by atoms with Crippen LogP contribution in [-0.4, -0.2) is 38.7 Å². The van der Waals surface area contributed by atoms with Crippen LogP contribution in [0.3, 0.4) is 0 Å². The lowest BCUT2D eigenvalue weighted by molar-refractivity contribution is 0.0662. The van der Waals surface area contributed by atoms with Crippen LogP contribution in [0, 0.1) is 6.92 Å². The standard InChI is InChI=1S/C12H16N2O4S/c1-9-3-5-11(6-4-9)19(16,17)13-12(15)14-7-8-18-10(14)2/h3-6,10H,7-8H2,1-2H3,(H,13,15). The Bertz CT molecular complexity index is 568. The summed E-state index contributed by atoms with van der Waals surface area (Å²) in [7, 11) is -3.83. The zero-order valence-corrected chi connectivity index (χ0v) is 11.6. The predicted molar refractivity (Wildman–Crippen MR) is 69.0 cm³/mol. The molecule has 1 unspecified atom stereocenters. The smallest absolute Gasteiger partial charge is 0.333 e. The molecule has 1 aliphatic rings. The molecule has 0 saturated carbocycles. The van der Waals surface area contributed by atoms with Gasteiger partial charge in [-0.3, -0.25) is 4.90 Å². The van der Waals surface area contributed by atoms with E-state index in [0.29, 0.717) is 13.2 Å².